The number of rotatable bonds is 6. The van der Waals surface area contributed by atoms with Crippen LogP contribution in [0.15, 0.2) is 47.1 Å². The highest BCUT2D eigenvalue weighted by atomic mass is 16.4. The maximum atomic E-state index is 10.5. The smallest absolute Gasteiger partial charge is 0.203 e. The summed E-state index contributed by atoms with van der Waals surface area (Å²) < 4.78 is 9.24. The number of likely N-dealkylation sites (tertiary alicyclic amines) is 1. The number of para-hydroxylation sites is 2. The number of fused-ring (bicyclic) bond motifs is 1. The molecule has 3 aromatic rings. The predicted octanol–water partition coefficient (Wildman–Crippen LogP) is 2.73. The van der Waals surface area contributed by atoms with Crippen LogP contribution in [0.4, 0.5) is 0 Å². The van der Waals surface area contributed by atoms with E-state index in [4.69, 9.17) is 9.83 Å². The van der Waals surface area contributed by atoms with E-state index in [-0.39, 0.29) is 0 Å². The van der Waals surface area contributed by atoms with Gasteiger partial charge in [-0.2, -0.15) is 0 Å². The zero-order valence-corrected chi connectivity index (χ0v) is 15.0. The predicted molar refractivity (Wildman–Crippen MR) is 99.7 cm³/mol. The van der Waals surface area contributed by atoms with Gasteiger partial charge in [-0.1, -0.05) is 18.6 Å². The summed E-state index contributed by atoms with van der Waals surface area (Å²) in [5.41, 5.74) is 2.44. The molecule has 1 aliphatic rings. The van der Waals surface area contributed by atoms with Crippen LogP contribution in [0, 0.1) is 5.41 Å². The Labute approximate surface area is 152 Å². The first-order valence-electron chi connectivity index (χ1n) is 9.40. The van der Waals surface area contributed by atoms with Gasteiger partial charge in [0.2, 0.25) is 5.62 Å². The molecule has 3 heterocycles. The largest absolute Gasteiger partial charge is 0.467 e. The standard InChI is InChI=1S/C20H26N4O2/c21-20-23(13-12-22-10-4-1-5-11-22)16-7-2-3-8-17(16)24(20)15-18(25)19-9-6-14-26-19/h2-3,6-9,14,18,21,25H,1,4-5,10-13,15H2/t18-/m1/s1. The molecule has 0 unspecified atom stereocenters. The summed E-state index contributed by atoms with van der Waals surface area (Å²) in [4.78, 5) is 2.49. The number of hydrogen-bond donors (Lipinski definition) is 2. The fourth-order valence-electron chi connectivity index (χ4n) is 3.87. The first kappa shape index (κ1) is 17.1. The zero-order valence-electron chi connectivity index (χ0n) is 15.0. The second-order valence-electron chi connectivity index (χ2n) is 7.01. The second-order valence-corrected chi connectivity index (χ2v) is 7.01. The van der Waals surface area contributed by atoms with Gasteiger partial charge in [0.1, 0.15) is 11.9 Å². The van der Waals surface area contributed by atoms with E-state index in [1.165, 1.54) is 19.3 Å². The van der Waals surface area contributed by atoms with Crippen LogP contribution >= 0.6 is 0 Å². The molecule has 1 fully saturated rings. The van der Waals surface area contributed by atoms with Crippen molar-refractivity contribution in [3.05, 3.63) is 54.0 Å². The Morgan fingerprint density at radius 1 is 0.962 bits per heavy atom. The van der Waals surface area contributed by atoms with E-state index in [9.17, 15) is 5.11 Å². The molecule has 4 rings (SSSR count). The number of aromatic nitrogens is 2. The summed E-state index contributed by atoms with van der Waals surface area (Å²) in [5.74, 6) is 0.530. The molecule has 26 heavy (non-hydrogen) atoms. The third-order valence-electron chi connectivity index (χ3n) is 5.29. The first-order chi connectivity index (χ1) is 12.7. The van der Waals surface area contributed by atoms with Crippen LogP contribution in [0.1, 0.15) is 31.1 Å². The lowest BCUT2D eigenvalue weighted by molar-refractivity contribution is 0.129. The Morgan fingerprint density at radius 3 is 2.38 bits per heavy atom. The highest BCUT2D eigenvalue weighted by Crippen LogP contribution is 2.19. The van der Waals surface area contributed by atoms with Gasteiger partial charge >= 0.3 is 0 Å². The zero-order chi connectivity index (χ0) is 17.9. The lowest BCUT2D eigenvalue weighted by atomic mass is 10.1. The third kappa shape index (κ3) is 3.34. The molecule has 1 atom stereocenters. The summed E-state index contributed by atoms with van der Waals surface area (Å²) in [5, 5.41) is 19.2. The number of nitrogens with zero attached hydrogens (tertiary/aromatic N) is 3. The van der Waals surface area contributed by atoms with E-state index in [0.717, 1.165) is 37.2 Å². The van der Waals surface area contributed by atoms with Gasteiger partial charge in [0.05, 0.1) is 23.8 Å². The molecule has 1 aromatic carbocycles. The minimum absolute atomic E-state index is 0.309. The van der Waals surface area contributed by atoms with Crippen LogP contribution < -0.4 is 5.62 Å². The Balaban J connectivity index is 1.61. The van der Waals surface area contributed by atoms with Crippen molar-refractivity contribution >= 4 is 11.0 Å². The molecule has 2 N–H and O–H groups in total. The number of benzene rings is 1. The molecule has 0 saturated carbocycles. The van der Waals surface area contributed by atoms with Gasteiger partial charge < -0.3 is 23.6 Å². The quantitative estimate of drug-likeness (QED) is 0.715. The molecule has 0 radical (unpaired) electrons. The number of aliphatic hydroxyl groups is 1. The fraction of sp³-hybridized carbons (Fsp3) is 0.450. The molecule has 0 spiro atoms. The van der Waals surface area contributed by atoms with E-state index < -0.39 is 6.10 Å². The molecular weight excluding hydrogens is 328 g/mol. The molecule has 138 valence electrons. The Bertz CT molecular complexity index is 904. The molecular formula is C20H26N4O2. The second kappa shape index (κ2) is 7.51. The lowest BCUT2D eigenvalue weighted by Crippen LogP contribution is -2.35. The van der Waals surface area contributed by atoms with Crippen molar-refractivity contribution in [1.82, 2.24) is 14.0 Å². The van der Waals surface area contributed by atoms with Crippen molar-refractivity contribution < 1.29 is 9.52 Å². The maximum absolute atomic E-state index is 10.5. The van der Waals surface area contributed by atoms with E-state index >= 15 is 0 Å². The van der Waals surface area contributed by atoms with Crippen molar-refractivity contribution in [2.24, 2.45) is 0 Å². The Morgan fingerprint density at radius 2 is 1.69 bits per heavy atom. The van der Waals surface area contributed by atoms with E-state index in [0.29, 0.717) is 17.9 Å². The van der Waals surface area contributed by atoms with Crippen molar-refractivity contribution in [3.63, 3.8) is 0 Å². The van der Waals surface area contributed by atoms with Gasteiger partial charge in [-0.25, -0.2) is 0 Å². The van der Waals surface area contributed by atoms with Crippen molar-refractivity contribution in [2.75, 3.05) is 19.6 Å². The Kier molecular flexibility index (Phi) is 4.95. The summed E-state index contributed by atoms with van der Waals surface area (Å²) in [7, 11) is 0. The average molecular weight is 354 g/mol. The van der Waals surface area contributed by atoms with Gasteiger partial charge in [0.15, 0.2) is 0 Å². The minimum Gasteiger partial charge on any atom is -0.467 e. The maximum Gasteiger partial charge on any atom is 0.203 e. The SMILES string of the molecule is N=c1n(CCN2CCCCC2)c2ccccc2n1C[C@@H](O)c1ccco1. The topological polar surface area (TPSA) is 70.3 Å². The molecule has 1 aliphatic heterocycles. The Hall–Kier alpha value is -2.31. The van der Waals surface area contributed by atoms with E-state index in [2.05, 4.69) is 15.5 Å². The molecule has 1 saturated heterocycles. The number of imidazole rings is 1. The molecule has 2 aromatic heterocycles. The van der Waals surface area contributed by atoms with Crippen LogP contribution in [0.2, 0.25) is 0 Å². The monoisotopic (exact) mass is 354 g/mol. The summed E-state index contributed by atoms with van der Waals surface area (Å²) in [6.07, 6.45) is 4.68. The van der Waals surface area contributed by atoms with Crippen LogP contribution in [0.25, 0.3) is 11.0 Å². The summed E-state index contributed by atoms with van der Waals surface area (Å²) in [6, 6.07) is 11.6. The van der Waals surface area contributed by atoms with Gasteiger partial charge in [0.25, 0.3) is 0 Å². The average Bonchev–Trinajstić information content (AvgIpc) is 3.29. The van der Waals surface area contributed by atoms with Gasteiger partial charge in [-0.15, -0.1) is 0 Å². The highest BCUT2D eigenvalue weighted by molar-refractivity contribution is 5.75. The number of piperidine rings is 1. The van der Waals surface area contributed by atoms with Crippen molar-refractivity contribution in [1.29, 1.82) is 5.41 Å². The van der Waals surface area contributed by atoms with Crippen LogP contribution in [0.5, 0.6) is 0 Å². The van der Waals surface area contributed by atoms with E-state index in [1.54, 1.807) is 18.4 Å². The van der Waals surface area contributed by atoms with Crippen LogP contribution in [0.3, 0.4) is 0 Å². The minimum atomic E-state index is -0.763. The number of furan rings is 1. The molecule has 6 heteroatoms. The number of nitrogens with one attached hydrogen (secondary N) is 1. The van der Waals surface area contributed by atoms with Gasteiger partial charge in [-0.3, -0.25) is 5.41 Å². The van der Waals surface area contributed by atoms with Crippen LogP contribution in [-0.2, 0) is 13.1 Å². The van der Waals surface area contributed by atoms with E-state index in [1.807, 2.05) is 22.8 Å². The molecule has 0 amide bonds. The molecule has 0 aliphatic carbocycles. The fourth-order valence-corrected chi connectivity index (χ4v) is 3.87. The summed E-state index contributed by atoms with van der Waals surface area (Å²) >= 11 is 0. The number of aliphatic hydroxyl groups excluding tert-OH is 1. The molecule has 6 nitrogen and oxygen atoms in total. The van der Waals surface area contributed by atoms with Crippen LogP contribution in [-0.4, -0.2) is 38.8 Å². The number of hydrogen-bond acceptors (Lipinski definition) is 4. The normalized spacial score (nSPS) is 17.0. The van der Waals surface area contributed by atoms with Crippen molar-refractivity contribution in [2.45, 2.75) is 38.5 Å². The van der Waals surface area contributed by atoms with Gasteiger partial charge in [-0.05, 0) is 50.2 Å². The lowest BCUT2D eigenvalue weighted by Gasteiger charge is -2.26. The van der Waals surface area contributed by atoms with Crippen molar-refractivity contribution in [3.8, 4) is 0 Å². The van der Waals surface area contributed by atoms with Gasteiger partial charge in [0, 0.05) is 13.1 Å². The highest BCUT2D eigenvalue weighted by Gasteiger charge is 2.17. The first-order valence-corrected chi connectivity index (χ1v) is 9.40. The molecule has 0 bridgehead atoms. The third-order valence-corrected chi connectivity index (χ3v) is 5.29. The summed E-state index contributed by atoms with van der Waals surface area (Å²) in [6.45, 7) is 4.38.